The predicted molar refractivity (Wildman–Crippen MR) is 99.8 cm³/mol. The zero-order valence-corrected chi connectivity index (χ0v) is 14.7. The number of halogens is 1. The van der Waals surface area contributed by atoms with Crippen molar-refractivity contribution in [3.63, 3.8) is 0 Å². The third-order valence-corrected chi connectivity index (χ3v) is 4.56. The Balaban J connectivity index is 1.74. The van der Waals surface area contributed by atoms with Gasteiger partial charge in [0.1, 0.15) is 0 Å². The molecule has 5 nitrogen and oxygen atoms in total. The first-order valence-electron chi connectivity index (χ1n) is 8.34. The van der Waals surface area contributed by atoms with E-state index in [4.69, 9.17) is 22.1 Å². The first-order valence-corrected chi connectivity index (χ1v) is 8.72. The van der Waals surface area contributed by atoms with Crippen molar-refractivity contribution in [1.29, 1.82) is 0 Å². The summed E-state index contributed by atoms with van der Waals surface area (Å²) in [7, 11) is 0. The lowest BCUT2D eigenvalue weighted by atomic mass is 10.0. The van der Waals surface area contributed by atoms with E-state index >= 15 is 0 Å². The molecule has 0 spiro atoms. The molecule has 3 rings (SSSR count). The van der Waals surface area contributed by atoms with E-state index in [0.717, 1.165) is 18.7 Å². The summed E-state index contributed by atoms with van der Waals surface area (Å²) < 4.78 is 5.45. The second-order valence-electron chi connectivity index (χ2n) is 6.05. The van der Waals surface area contributed by atoms with Crippen LogP contribution in [0, 0.1) is 0 Å². The first kappa shape index (κ1) is 17.7. The summed E-state index contributed by atoms with van der Waals surface area (Å²) in [4.78, 5) is 14.8. The van der Waals surface area contributed by atoms with Crippen LogP contribution in [-0.4, -0.2) is 43.7 Å². The van der Waals surface area contributed by atoms with Crippen LogP contribution in [0.3, 0.4) is 0 Å². The van der Waals surface area contributed by atoms with Gasteiger partial charge in [0.2, 0.25) is 0 Å². The minimum absolute atomic E-state index is 0.0487. The zero-order chi connectivity index (χ0) is 17.6. The smallest absolute Gasteiger partial charge is 0.251 e. The molecule has 1 fully saturated rings. The highest BCUT2D eigenvalue weighted by Crippen LogP contribution is 2.24. The lowest BCUT2D eigenvalue weighted by Gasteiger charge is -2.35. The molecule has 1 aliphatic rings. The zero-order valence-electron chi connectivity index (χ0n) is 14.0. The van der Waals surface area contributed by atoms with Gasteiger partial charge in [-0.25, -0.2) is 0 Å². The Morgan fingerprint density at radius 1 is 1.20 bits per heavy atom. The van der Waals surface area contributed by atoms with Gasteiger partial charge in [0.05, 0.1) is 19.3 Å². The van der Waals surface area contributed by atoms with Gasteiger partial charge in [0.25, 0.3) is 5.91 Å². The summed E-state index contributed by atoms with van der Waals surface area (Å²) in [5.74, 6) is -0.132. The number of carbonyl (C=O) groups is 1. The highest BCUT2D eigenvalue weighted by atomic mass is 35.5. The number of benzene rings is 2. The molecular weight excluding hydrogens is 338 g/mol. The van der Waals surface area contributed by atoms with E-state index in [2.05, 4.69) is 10.2 Å². The average Bonchev–Trinajstić information content (AvgIpc) is 2.63. The topological polar surface area (TPSA) is 67.6 Å². The molecule has 0 bridgehead atoms. The predicted octanol–water partition coefficient (Wildman–Crippen LogP) is 2.73. The summed E-state index contributed by atoms with van der Waals surface area (Å²) in [5.41, 5.74) is 7.98. The Hall–Kier alpha value is -2.08. The van der Waals surface area contributed by atoms with Crippen LogP contribution < -0.4 is 11.1 Å². The fraction of sp³-hybridized carbons (Fsp3) is 0.316. The fourth-order valence-corrected chi connectivity index (χ4v) is 3.23. The van der Waals surface area contributed by atoms with Crippen molar-refractivity contribution in [2.24, 2.45) is 0 Å². The largest absolute Gasteiger partial charge is 0.399 e. The SMILES string of the molecule is Nc1cccc(C(=O)NCC(c2cccc(Cl)c2)N2CCOCC2)c1. The number of morpholine rings is 1. The minimum Gasteiger partial charge on any atom is -0.399 e. The van der Waals surface area contributed by atoms with E-state index in [-0.39, 0.29) is 11.9 Å². The standard InChI is InChI=1S/C19H22ClN3O2/c20-16-5-1-3-14(11-16)18(23-7-9-25-10-8-23)13-22-19(24)15-4-2-6-17(21)12-15/h1-6,11-12,18H,7-10,13,21H2,(H,22,24). The highest BCUT2D eigenvalue weighted by molar-refractivity contribution is 6.30. The van der Waals surface area contributed by atoms with Gasteiger partial charge in [-0.2, -0.15) is 0 Å². The quantitative estimate of drug-likeness (QED) is 0.805. The van der Waals surface area contributed by atoms with Crippen LogP contribution >= 0.6 is 11.6 Å². The Bertz CT molecular complexity index is 732. The molecule has 0 aliphatic carbocycles. The summed E-state index contributed by atoms with van der Waals surface area (Å²) in [6, 6.07) is 14.8. The van der Waals surface area contributed by atoms with Gasteiger partial charge in [-0.15, -0.1) is 0 Å². The maximum Gasteiger partial charge on any atom is 0.251 e. The fourth-order valence-electron chi connectivity index (χ4n) is 3.03. The molecule has 0 aromatic heterocycles. The normalized spacial score (nSPS) is 16.4. The Labute approximate surface area is 152 Å². The number of carbonyl (C=O) groups excluding carboxylic acids is 1. The van der Waals surface area contributed by atoms with Gasteiger partial charge in [-0.3, -0.25) is 9.69 Å². The van der Waals surface area contributed by atoms with Crippen molar-refractivity contribution in [2.45, 2.75) is 6.04 Å². The Morgan fingerprint density at radius 2 is 1.96 bits per heavy atom. The molecule has 1 atom stereocenters. The van der Waals surface area contributed by atoms with Gasteiger partial charge >= 0.3 is 0 Å². The van der Waals surface area contributed by atoms with Crippen molar-refractivity contribution >= 4 is 23.2 Å². The van der Waals surface area contributed by atoms with E-state index in [0.29, 0.717) is 36.0 Å². The lowest BCUT2D eigenvalue weighted by Crippen LogP contribution is -2.43. The van der Waals surface area contributed by atoms with Gasteiger partial charge < -0.3 is 15.8 Å². The molecule has 0 radical (unpaired) electrons. The van der Waals surface area contributed by atoms with Crippen molar-refractivity contribution in [2.75, 3.05) is 38.6 Å². The molecule has 1 saturated heterocycles. The third-order valence-electron chi connectivity index (χ3n) is 4.32. The molecule has 2 aromatic rings. The van der Waals surface area contributed by atoms with Crippen molar-refractivity contribution in [3.8, 4) is 0 Å². The van der Waals surface area contributed by atoms with Crippen molar-refractivity contribution < 1.29 is 9.53 Å². The van der Waals surface area contributed by atoms with Gasteiger partial charge in [-0.05, 0) is 35.9 Å². The number of nitrogens with two attached hydrogens (primary N) is 1. The number of anilines is 1. The molecule has 132 valence electrons. The number of ether oxygens (including phenoxy) is 1. The number of nitrogen functional groups attached to an aromatic ring is 1. The lowest BCUT2D eigenvalue weighted by molar-refractivity contribution is 0.0162. The summed E-state index contributed by atoms with van der Waals surface area (Å²) in [6.07, 6.45) is 0. The second kappa shape index (κ2) is 8.34. The Morgan fingerprint density at radius 3 is 2.68 bits per heavy atom. The van der Waals surface area contributed by atoms with Crippen LogP contribution in [0.25, 0.3) is 0 Å². The molecule has 1 unspecified atom stereocenters. The Kier molecular flexibility index (Phi) is 5.91. The number of hydrogen-bond acceptors (Lipinski definition) is 4. The van der Waals surface area contributed by atoms with Crippen LogP contribution in [0.4, 0.5) is 5.69 Å². The van der Waals surface area contributed by atoms with Gasteiger partial charge in [0, 0.05) is 35.9 Å². The summed E-state index contributed by atoms with van der Waals surface area (Å²) >= 11 is 6.16. The molecule has 0 saturated carbocycles. The maximum atomic E-state index is 12.4. The average molecular weight is 360 g/mol. The van der Waals surface area contributed by atoms with Crippen LogP contribution in [0.1, 0.15) is 22.0 Å². The summed E-state index contributed by atoms with van der Waals surface area (Å²) in [5, 5.41) is 3.71. The van der Waals surface area contributed by atoms with Crippen LogP contribution in [0.15, 0.2) is 48.5 Å². The summed E-state index contributed by atoms with van der Waals surface area (Å²) in [6.45, 7) is 3.53. The molecule has 1 amide bonds. The number of nitrogens with zero attached hydrogens (tertiary/aromatic N) is 1. The van der Waals surface area contributed by atoms with E-state index in [9.17, 15) is 4.79 Å². The maximum absolute atomic E-state index is 12.4. The molecule has 6 heteroatoms. The highest BCUT2D eigenvalue weighted by Gasteiger charge is 2.23. The van der Waals surface area contributed by atoms with E-state index in [1.807, 2.05) is 24.3 Å². The molecule has 1 aliphatic heterocycles. The number of amides is 1. The van der Waals surface area contributed by atoms with Gasteiger partial charge in [-0.1, -0.05) is 29.8 Å². The van der Waals surface area contributed by atoms with E-state index in [1.165, 1.54) is 0 Å². The third kappa shape index (κ3) is 4.72. The van der Waals surface area contributed by atoms with Crippen LogP contribution in [0.5, 0.6) is 0 Å². The van der Waals surface area contributed by atoms with Crippen LogP contribution in [0.2, 0.25) is 5.02 Å². The number of hydrogen-bond donors (Lipinski definition) is 2. The monoisotopic (exact) mass is 359 g/mol. The molecule has 3 N–H and O–H groups in total. The van der Waals surface area contributed by atoms with Crippen molar-refractivity contribution in [1.82, 2.24) is 10.2 Å². The first-order chi connectivity index (χ1) is 12.1. The van der Waals surface area contributed by atoms with E-state index in [1.54, 1.807) is 24.3 Å². The molecule has 1 heterocycles. The van der Waals surface area contributed by atoms with E-state index < -0.39 is 0 Å². The van der Waals surface area contributed by atoms with Gasteiger partial charge in [0.15, 0.2) is 0 Å². The minimum atomic E-state index is -0.132. The second-order valence-corrected chi connectivity index (χ2v) is 6.49. The van der Waals surface area contributed by atoms with Crippen molar-refractivity contribution in [3.05, 3.63) is 64.7 Å². The molecular formula is C19H22ClN3O2. The van der Waals surface area contributed by atoms with Crippen LogP contribution in [-0.2, 0) is 4.74 Å². The molecule has 25 heavy (non-hydrogen) atoms. The number of nitrogens with one attached hydrogen (secondary N) is 1. The number of rotatable bonds is 5. The molecule has 2 aromatic carbocycles.